The molecule has 1 unspecified atom stereocenters. The van der Waals surface area contributed by atoms with Crippen LogP contribution in [0.2, 0.25) is 0 Å². The summed E-state index contributed by atoms with van der Waals surface area (Å²) in [7, 11) is -4.76. The number of carbonyl (C=O) groups excluding carboxylic acids is 1. The van der Waals surface area contributed by atoms with Crippen molar-refractivity contribution in [3.05, 3.63) is 47.1 Å². The minimum atomic E-state index is -4.76. The van der Waals surface area contributed by atoms with Gasteiger partial charge in [-0.15, -0.1) is 0 Å². The van der Waals surface area contributed by atoms with Crippen LogP contribution in [0.4, 0.5) is 0 Å². The van der Waals surface area contributed by atoms with E-state index < -0.39 is 19.4 Å². The Morgan fingerprint density at radius 2 is 1.64 bits per heavy atom. The Labute approximate surface area is 272 Å². The SMILES string of the molecule is C=C(C)[C@@H]1CCC(C)=C[C@H]1c1c(O)cc(CCCCC)cc1OC(=O)C1(OP(=O)([O-])OCCCCCCCCCC)CCCC1. The number of aromatic hydroxyl groups is 1. The maximum Gasteiger partial charge on any atom is 0.344 e. The monoisotopic (exact) mass is 645 g/mol. The molecule has 1 aromatic rings. The number of unbranched alkanes of at least 4 members (excludes halogenated alkanes) is 9. The van der Waals surface area contributed by atoms with E-state index in [9.17, 15) is 19.4 Å². The van der Waals surface area contributed by atoms with Crippen molar-refractivity contribution < 1.29 is 33.1 Å². The van der Waals surface area contributed by atoms with E-state index in [0.717, 1.165) is 68.9 Å². The molecule has 8 heteroatoms. The van der Waals surface area contributed by atoms with Crippen molar-refractivity contribution in [2.45, 2.75) is 155 Å². The molecule has 0 heterocycles. The molecule has 45 heavy (non-hydrogen) atoms. The Balaban J connectivity index is 1.79. The van der Waals surface area contributed by atoms with Crippen LogP contribution >= 0.6 is 7.82 Å². The highest BCUT2D eigenvalue weighted by Gasteiger charge is 2.47. The number of hydrogen-bond acceptors (Lipinski definition) is 7. The maximum atomic E-state index is 14.0. The summed E-state index contributed by atoms with van der Waals surface area (Å²) in [5.41, 5.74) is 1.98. The van der Waals surface area contributed by atoms with Gasteiger partial charge in [-0.25, -0.2) is 4.79 Å². The molecule has 7 nitrogen and oxygen atoms in total. The summed E-state index contributed by atoms with van der Waals surface area (Å²) < 4.78 is 30.0. The van der Waals surface area contributed by atoms with E-state index in [-0.39, 0.29) is 42.8 Å². The summed E-state index contributed by atoms with van der Waals surface area (Å²) in [6.45, 7) is 12.7. The minimum Gasteiger partial charge on any atom is -0.756 e. The highest BCUT2D eigenvalue weighted by atomic mass is 31.2. The predicted octanol–water partition coefficient (Wildman–Crippen LogP) is 10.0. The lowest BCUT2D eigenvalue weighted by Gasteiger charge is -2.35. The van der Waals surface area contributed by atoms with Crippen molar-refractivity contribution in [3.63, 3.8) is 0 Å². The van der Waals surface area contributed by atoms with Crippen molar-refractivity contribution in [3.8, 4) is 11.5 Å². The summed E-state index contributed by atoms with van der Waals surface area (Å²) in [6.07, 6.45) is 18.1. The molecule has 0 saturated heterocycles. The first-order valence-electron chi connectivity index (χ1n) is 17.6. The van der Waals surface area contributed by atoms with Crippen molar-refractivity contribution in [1.29, 1.82) is 0 Å². The van der Waals surface area contributed by atoms with Gasteiger partial charge in [-0.1, -0.05) is 95.4 Å². The predicted molar refractivity (Wildman–Crippen MR) is 179 cm³/mol. The second kappa shape index (κ2) is 18.4. The second-order valence-corrected chi connectivity index (χ2v) is 14.8. The Bertz CT molecular complexity index is 1180. The molecule has 1 aromatic carbocycles. The van der Waals surface area contributed by atoms with Gasteiger partial charge in [0.15, 0.2) is 5.60 Å². The van der Waals surface area contributed by atoms with E-state index in [2.05, 4.69) is 33.4 Å². The average molecular weight is 646 g/mol. The number of aryl methyl sites for hydroxylation is 1. The number of allylic oxidation sites excluding steroid dienone is 3. The highest BCUT2D eigenvalue weighted by molar-refractivity contribution is 7.46. The molecule has 3 rings (SSSR count). The van der Waals surface area contributed by atoms with E-state index in [1.807, 2.05) is 13.0 Å². The number of esters is 1. The quantitative estimate of drug-likeness (QED) is 0.0495. The zero-order valence-electron chi connectivity index (χ0n) is 28.4. The number of phenolic OH excluding ortho intramolecular Hbond substituents is 1. The van der Waals surface area contributed by atoms with Gasteiger partial charge in [-0.05, 0) is 95.2 Å². The van der Waals surface area contributed by atoms with Crippen LogP contribution in [0.3, 0.4) is 0 Å². The zero-order chi connectivity index (χ0) is 32.9. The first kappa shape index (κ1) is 37.5. The van der Waals surface area contributed by atoms with Crippen LogP contribution in [-0.4, -0.2) is 23.3 Å². The molecule has 0 bridgehead atoms. The molecule has 0 aliphatic heterocycles. The largest absolute Gasteiger partial charge is 0.756 e. The standard InChI is InChI=1S/C37H59O7P/c1-6-8-10-11-12-13-14-18-24-42-45(40,41)44-37(22-16-17-23-37)36(39)43-34-27-30(19-15-9-7-2)26-33(38)35(34)32-25-29(5)20-21-31(32)28(3)4/h25-27,31-32,38H,3,6-24H2,1-2,4-5H3,(H,40,41)/p-1/t31-,32+/m0/s1. The first-order valence-corrected chi connectivity index (χ1v) is 19.0. The average Bonchev–Trinajstić information content (AvgIpc) is 3.45. The lowest BCUT2D eigenvalue weighted by atomic mass is 9.73. The number of carbonyl (C=O) groups is 1. The number of phosphoric ester groups is 1. The molecule has 1 N–H and O–H groups in total. The molecule has 254 valence electrons. The Morgan fingerprint density at radius 1 is 1.02 bits per heavy atom. The van der Waals surface area contributed by atoms with Gasteiger partial charge in [0.1, 0.15) is 11.5 Å². The summed E-state index contributed by atoms with van der Waals surface area (Å²) in [6, 6.07) is 3.62. The van der Waals surface area contributed by atoms with E-state index in [4.69, 9.17) is 13.8 Å². The number of phosphoric acid groups is 1. The fourth-order valence-electron chi connectivity index (χ4n) is 6.84. The van der Waals surface area contributed by atoms with Crippen LogP contribution < -0.4 is 9.63 Å². The second-order valence-electron chi connectivity index (χ2n) is 13.5. The van der Waals surface area contributed by atoms with Gasteiger partial charge in [0.2, 0.25) is 0 Å². The van der Waals surface area contributed by atoms with E-state index in [0.29, 0.717) is 24.8 Å². The number of rotatable bonds is 20. The van der Waals surface area contributed by atoms with Crippen LogP contribution in [-0.2, 0) is 24.8 Å². The lowest BCUT2D eigenvalue weighted by Crippen LogP contribution is -2.42. The molecule has 1 saturated carbocycles. The van der Waals surface area contributed by atoms with Crippen molar-refractivity contribution in [2.24, 2.45) is 5.92 Å². The molecule has 2 aliphatic rings. The normalized spacial score (nSPS) is 20.9. The summed E-state index contributed by atoms with van der Waals surface area (Å²) in [5, 5.41) is 11.4. The Hall–Kier alpha value is -1.92. The Morgan fingerprint density at radius 3 is 2.29 bits per heavy atom. The molecule has 0 radical (unpaired) electrons. The third kappa shape index (κ3) is 11.4. The number of benzene rings is 1. The van der Waals surface area contributed by atoms with Crippen LogP contribution in [0, 0.1) is 5.92 Å². The van der Waals surface area contributed by atoms with Crippen LogP contribution in [0.15, 0.2) is 35.9 Å². The van der Waals surface area contributed by atoms with Crippen LogP contribution in [0.25, 0.3) is 0 Å². The molecule has 0 spiro atoms. The zero-order valence-corrected chi connectivity index (χ0v) is 29.3. The summed E-state index contributed by atoms with van der Waals surface area (Å²) in [4.78, 5) is 27.0. The van der Waals surface area contributed by atoms with Crippen LogP contribution in [0.5, 0.6) is 11.5 Å². The number of ether oxygens (including phenoxy) is 1. The number of phenols is 1. The van der Waals surface area contributed by atoms with Gasteiger partial charge < -0.3 is 19.3 Å². The molecular formula is C37H58O7P-. The van der Waals surface area contributed by atoms with Gasteiger partial charge in [0.25, 0.3) is 7.82 Å². The molecule has 0 aromatic heterocycles. The van der Waals surface area contributed by atoms with Gasteiger partial charge in [0, 0.05) is 11.5 Å². The lowest BCUT2D eigenvalue weighted by molar-refractivity contribution is -0.237. The van der Waals surface area contributed by atoms with E-state index in [1.54, 1.807) is 6.07 Å². The molecule has 2 aliphatic carbocycles. The van der Waals surface area contributed by atoms with Gasteiger partial charge >= 0.3 is 5.97 Å². The van der Waals surface area contributed by atoms with Gasteiger partial charge in [-0.2, -0.15) is 0 Å². The summed E-state index contributed by atoms with van der Waals surface area (Å²) in [5.74, 6) is -0.541. The minimum absolute atomic E-state index is 0.0361. The highest BCUT2D eigenvalue weighted by Crippen LogP contribution is 2.51. The first-order chi connectivity index (χ1) is 21.5. The third-order valence-corrected chi connectivity index (χ3v) is 10.6. The molecule has 3 atom stereocenters. The maximum absolute atomic E-state index is 14.0. The molecular weight excluding hydrogens is 587 g/mol. The van der Waals surface area contributed by atoms with Crippen LogP contribution in [0.1, 0.15) is 154 Å². The van der Waals surface area contributed by atoms with Gasteiger partial charge in [0.05, 0.1) is 6.61 Å². The number of hydrogen-bond donors (Lipinski definition) is 1. The van der Waals surface area contributed by atoms with Gasteiger partial charge in [-0.3, -0.25) is 9.09 Å². The molecule has 0 amide bonds. The smallest absolute Gasteiger partial charge is 0.344 e. The van der Waals surface area contributed by atoms with Crippen molar-refractivity contribution in [2.75, 3.05) is 6.61 Å². The van der Waals surface area contributed by atoms with E-state index >= 15 is 0 Å². The van der Waals surface area contributed by atoms with Crippen molar-refractivity contribution in [1.82, 2.24) is 0 Å². The topological polar surface area (TPSA) is 105 Å². The fraction of sp³-hybridized carbons (Fsp3) is 0.703. The summed E-state index contributed by atoms with van der Waals surface area (Å²) >= 11 is 0. The fourth-order valence-corrected chi connectivity index (χ4v) is 7.93. The van der Waals surface area contributed by atoms with Crippen molar-refractivity contribution >= 4 is 13.8 Å². The Kier molecular flexibility index (Phi) is 15.4. The van der Waals surface area contributed by atoms with E-state index in [1.165, 1.54) is 31.3 Å². The third-order valence-electron chi connectivity index (χ3n) is 9.48. The molecule has 1 fully saturated rings.